The summed E-state index contributed by atoms with van der Waals surface area (Å²) in [4.78, 5) is 26.1. The molecule has 0 bridgehead atoms. The van der Waals surface area contributed by atoms with Gasteiger partial charge in [0.05, 0.1) is 17.0 Å². The molecule has 8 heteroatoms. The highest BCUT2D eigenvalue weighted by Crippen LogP contribution is 2.41. The second-order valence-electron chi connectivity index (χ2n) is 8.66. The number of nitrogens with two attached hydrogens (primary N) is 1. The molecule has 3 heterocycles. The number of hydrogen-bond donors (Lipinski definition) is 2. The SMILES string of the molecule is CC(C)Oc1cccc(NC2=NC3c4cc(C(=O)N5CCC(N)C5)sc4C=CC3C=N2)c1. The Balaban J connectivity index is 1.36. The van der Waals surface area contributed by atoms with Crippen molar-refractivity contribution in [2.75, 3.05) is 18.4 Å². The minimum Gasteiger partial charge on any atom is -0.491 e. The Labute approximate surface area is 191 Å². The van der Waals surface area contributed by atoms with Crippen LogP contribution in [0.5, 0.6) is 5.75 Å². The highest BCUT2D eigenvalue weighted by Gasteiger charge is 2.32. The number of benzene rings is 1. The maximum absolute atomic E-state index is 13.0. The molecule has 166 valence electrons. The summed E-state index contributed by atoms with van der Waals surface area (Å²) in [5, 5.41) is 3.30. The number of ether oxygens (including phenoxy) is 1. The van der Waals surface area contributed by atoms with Gasteiger partial charge in [-0.2, -0.15) is 0 Å². The quantitative estimate of drug-likeness (QED) is 0.739. The predicted octanol–water partition coefficient (Wildman–Crippen LogP) is 3.95. The fourth-order valence-electron chi connectivity index (χ4n) is 4.25. The van der Waals surface area contributed by atoms with Crippen LogP contribution < -0.4 is 15.8 Å². The van der Waals surface area contributed by atoms with Crippen LogP contribution in [-0.2, 0) is 0 Å². The number of hydrogen-bond acceptors (Lipinski definition) is 7. The number of carbonyl (C=O) groups is 1. The average molecular weight is 450 g/mol. The van der Waals surface area contributed by atoms with E-state index in [1.165, 1.54) is 11.3 Å². The van der Waals surface area contributed by atoms with Crippen LogP contribution >= 0.6 is 11.3 Å². The molecule has 1 aliphatic carbocycles. The van der Waals surface area contributed by atoms with Gasteiger partial charge in [-0.25, -0.2) is 9.98 Å². The first kappa shape index (κ1) is 20.9. The molecule has 3 atom stereocenters. The van der Waals surface area contributed by atoms with Crippen LogP contribution in [-0.4, -0.2) is 48.2 Å². The van der Waals surface area contributed by atoms with Gasteiger partial charge in [0.25, 0.3) is 5.91 Å². The number of fused-ring (bicyclic) bond motifs is 3. The third kappa shape index (κ3) is 4.20. The zero-order valence-corrected chi connectivity index (χ0v) is 19.0. The van der Waals surface area contributed by atoms with Crippen LogP contribution in [0, 0.1) is 5.92 Å². The molecule has 3 unspecified atom stereocenters. The number of carbonyl (C=O) groups excluding carboxylic acids is 1. The maximum Gasteiger partial charge on any atom is 0.264 e. The minimum atomic E-state index is -0.0938. The van der Waals surface area contributed by atoms with Crippen LogP contribution in [0.3, 0.4) is 0 Å². The van der Waals surface area contributed by atoms with Gasteiger partial charge in [0.1, 0.15) is 5.75 Å². The summed E-state index contributed by atoms with van der Waals surface area (Å²) < 4.78 is 5.78. The lowest BCUT2D eigenvalue weighted by Crippen LogP contribution is -2.31. The van der Waals surface area contributed by atoms with Crippen molar-refractivity contribution in [3.63, 3.8) is 0 Å². The zero-order chi connectivity index (χ0) is 22.2. The molecule has 0 spiro atoms. The predicted molar refractivity (Wildman–Crippen MR) is 130 cm³/mol. The molecule has 0 saturated carbocycles. The number of thiophene rings is 1. The molecule has 2 aliphatic heterocycles. The Morgan fingerprint density at radius 3 is 3.00 bits per heavy atom. The molecule has 32 heavy (non-hydrogen) atoms. The number of guanidine groups is 1. The third-order valence-corrected chi connectivity index (χ3v) is 6.86. The molecule has 7 nitrogen and oxygen atoms in total. The molecular formula is C24H27N5O2S. The van der Waals surface area contributed by atoms with E-state index in [9.17, 15) is 4.79 Å². The monoisotopic (exact) mass is 449 g/mol. The first-order valence-corrected chi connectivity index (χ1v) is 11.8. The molecule has 5 rings (SSSR count). The Kier molecular flexibility index (Phi) is 5.57. The van der Waals surface area contributed by atoms with Crippen molar-refractivity contribution in [1.82, 2.24) is 4.90 Å². The largest absolute Gasteiger partial charge is 0.491 e. The average Bonchev–Trinajstić information content (AvgIpc) is 3.39. The summed E-state index contributed by atoms with van der Waals surface area (Å²) in [6.45, 7) is 5.36. The smallest absolute Gasteiger partial charge is 0.264 e. The summed E-state index contributed by atoms with van der Waals surface area (Å²) in [6, 6.07) is 9.77. The lowest BCUT2D eigenvalue weighted by molar-refractivity contribution is 0.0795. The van der Waals surface area contributed by atoms with E-state index in [1.54, 1.807) is 0 Å². The van der Waals surface area contributed by atoms with E-state index in [2.05, 4.69) is 22.5 Å². The number of rotatable bonds is 4. The first-order chi connectivity index (χ1) is 15.5. The number of aliphatic imine (C=N–C) groups is 2. The highest BCUT2D eigenvalue weighted by atomic mass is 32.1. The Morgan fingerprint density at radius 2 is 2.22 bits per heavy atom. The van der Waals surface area contributed by atoms with Gasteiger partial charge in [0, 0.05) is 47.9 Å². The minimum absolute atomic E-state index is 0.0658. The lowest BCUT2D eigenvalue weighted by Gasteiger charge is -2.25. The van der Waals surface area contributed by atoms with Crippen molar-refractivity contribution in [3.8, 4) is 5.75 Å². The molecular weight excluding hydrogens is 422 g/mol. The summed E-state index contributed by atoms with van der Waals surface area (Å²) in [5.74, 6) is 1.50. The van der Waals surface area contributed by atoms with Crippen molar-refractivity contribution in [1.29, 1.82) is 0 Å². The van der Waals surface area contributed by atoms with Crippen LogP contribution in [0.4, 0.5) is 5.69 Å². The first-order valence-electron chi connectivity index (χ1n) is 11.0. The number of likely N-dealkylation sites (tertiary alicyclic amines) is 1. The van der Waals surface area contributed by atoms with Crippen LogP contribution in [0.1, 0.15) is 46.4 Å². The Morgan fingerprint density at radius 1 is 1.34 bits per heavy atom. The standard InChI is InChI=1S/C24H27N5O2S/c1-14(2)31-18-5-3-4-17(10-18)27-24-26-12-15-6-7-20-19(22(15)28-24)11-21(32-20)23(30)29-9-8-16(25)13-29/h3-7,10-12,14-16,22H,8-9,13,25H2,1-2H3,(H,27,28). The molecule has 0 radical (unpaired) electrons. The number of amides is 1. The van der Waals surface area contributed by atoms with E-state index in [1.807, 2.05) is 55.3 Å². The van der Waals surface area contributed by atoms with Gasteiger partial charge in [0.15, 0.2) is 0 Å². The van der Waals surface area contributed by atoms with Crippen molar-refractivity contribution in [2.45, 2.75) is 38.5 Å². The van der Waals surface area contributed by atoms with E-state index in [0.29, 0.717) is 12.5 Å². The second-order valence-corrected chi connectivity index (χ2v) is 9.75. The van der Waals surface area contributed by atoms with Gasteiger partial charge >= 0.3 is 0 Å². The number of nitrogens with one attached hydrogen (secondary N) is 1. The van der Waals surface area contributed by atoms with E-state index < -0.39 is 0 Å². The van der Waals surface area contributed by atoms with Crippen molar-refractivity contribution in [2.24, 2.45) is 21.6 Å². The molecule has 3 N–H and O–H groups in total. The molecule has 1 saturated heterocycles. The van der Waals surface area contributed by atoms with E-state index >= 15 is 0 Å². The summed E-state index contributed by atoms with van der Waals surface area (Å²) >= 11 is 1.53. The van der Waals surface area contributed by atoms with Crippen LogP contribution in [0.25, 0.3) is 6.08 Å². The maximum atomic E-state index is 13.0. The zero-order valence-electron chi connectivity index (χ0n) is 18.2. The molecule has 2 aromatic rings. The van der Waals surface area contributed by atoms with Gasteiger partial charge in [0.2, 0.25) is 5.96 Å². The van der Waals surface area contributed by atoms with Crippen molar-refractivity contribution >= 4 is 41.2 Å². The van der Waals surface area contributed by atoms with Gasteiger partial charge in [-0.3, -0.25) is 4.79 Å². The molecule has 1 amide bonds. The van der Waals surface area contributed by atoms with E-state index in [4.69, 9.17) is 15.5 Å². The topological polar surface area (TPSA) is 92.3 Å². The molecule has 1 aromatic carbocycles. The van der Waals surface area contributed by atoms with E-state index in [-0.39, 0.29) is 30.0 Å². The van der Waals surface area contributed by atoms with Gasteiger partial charge < -0.3 is 20.7 Å². The lowest BCUT2D eigenvalue weighted by atomic mass is 9.89. The molecule has 3 aliphatic rings. The highest BCUT2D eigenvalue weighted by molar-refractivity contribution is 7.15. The summed E-state index contributed by atoms with van der Waals surface area (Å²) in [6.07, 6.45) is 7.09. The van der Waals surface area contributed by atoms with Crippen LogP contribution in [0.15, 0.2) is 46.4 Å². The van der Waals surface area contributed by atoms with E-state index in [0.717, 1.165) is 39.7 Å². The van der Waals surface area contributed by atoms with Gasteiger partial charge in [-0.05, 0) is 50.1 Å². The Bertz CT molecular complexity index is 1120. The normalized spacial score (nSPS) is 23.7. The third-order valence-electron chi connectivity index (χ3n) is 5.76. The van der Waals surface area contributed by atoms with Crippen molar-refractivity contribution in [3.05, 3.63) is 51.7 Å². The summed E-state index contributed by atoms with van der Waals surface area (Å²) in [5.41, 5.74) is 7.94. The second kappa shape index (κ2) is 8.52. The number of nitrogens with zero attached hydrogens (tertiary/aromatic N) is 3. The van der Waals surface area contributed by atoms with Crippen LogP contribution in [0.2, 0.25) is 0 Å². The fourth-order valence-corrected chi connectivity index (χ4v) is 5.33. The molecule has 1 aromatic heterocycles. The Hall–Kier alpha value is -2.97. The summed E-state index contributed by atoms with van der Waals surface area (Å²) in [7, 11) is 0. The number of anilines is 1. The fraction of sp³-hybridized carbons (Fsp3) is 0.375. The van der Waals surface area contributed by atoms with Gasteiger partial charge in [-0.1, -0.05) is 12.1 Å². The molecule has 1 fully saturated rings. The van der Waals surface area contributed by atoms with Crippen molar-refractivity contribution < 1.29 is 9.53 Å². The van der Waals surface area contributed by atoms with Gasteiger partial charge in [-0.15, -0.1) is 11.3 Å².